The Morgan fingerprint density at radius 1 is 1.19 bits per heavy atom. The van der Waals surface area contributed by atoms with Crippen molar-refractivity contribution in [1.29, 1.82) is 0 Å². The zero-order valence-corrected chi connectivity index (χ0v) is 20.6. The van der Waals surface area contributed by atoms with E-state index in [9.17, 15) is 13.2 Å². The van der Waals surface area contributed by atoms with Crippen molar-refractivity contribution in [2.24, 2.45) is 11.8 Å². The van der Waals surface area contributed by atoms with E-state index in [1.165, 1.54) is 5.56 Å². The van der Waals surface area contributed by atoms with E-state index in [4.69, 9.17) is 0 Å². The maximum absolute atomic E-state index is 12.7. The fourth-order valence-electron chi connectivity index (χ4n) is 4.32. The molecule has 32 heavy (non-hydrogen) atoms. The number of carbonyl (C=O) groups is 1. The molecule has 2 atom stereocenters. The summed E-state index contributed by atoms with van der Waals surface area (Å²) in [5.74, 6) is 1.54. The molecule has 1 aromatic carbocycles. The van der Waals surface area contributed by atoms with Crippen LogP contribution in [0.2, 0.25) is 0 Å². The smallest absolute Gasteiger partial charge is 0.239 e. The molecule has 2 N–H and O–H groups in total. The molecule has 8 heteroatoms. The Kier molecular flexibility index (Phi) is 7.77. The molecule has 1 amide bonds. The number of hydrogen-bond donors (Lipinski definition) is 2. The molecule has 1 aromatic heterocycles. The molecule has 0 spiro atoms. The minimum absolute atomic E-state index is 0.0560. The van der Waals surface area contributed by atoms with E-state index in [-0.39, 0.29) is 36.0 Å². The zero-order chi connectivity index (χ0) is 23.5. The Bertz CT molecular complexity index is 1030. The summed E-state index contributed by atoms with van der Waals surface area (Å²) in [6.07, 6.45) is 1.57. The predicted molar refractivity (Wildman–Crippen MR) is 128 cm³/mol. The van der Waals surface area contributed by atoms with Crippen molar-refractivity contribution in [3.8, 4) is 0 Å². The van der Waals surface area contributed by atoms with E-state index >= 15 is 0 Å². The summed E-state index contributed by atoms with van der Waals surface area (Å²) in [5, 5.41) is 10.7. The van der Waals surface area contributed by atoms with Gasteiger partial charge in [-0.3, -0.25) is 4.79 Å². The highest BCUT2D eigenvalue weighted by Gasteiger charge is 2.31. The molecule has 2 heterocycles. The van der Waals surface area contributed by atoms with Crippen LogP contribution in [0.5, 0.6) is 0 Å². The number of carbonyl (C=O) groups excluding carboxylic acids is 1. The Labute approximate surface area is 191 Å². The highest BCUT2D eigenvalue weighted by Crippen LogP contribution is 2.27. The van der Waals surface area contributed by atoms with Crippen molar-refractivity contribution >= 4 is 21.6 Å². The molecule has 0 saturated carbocycles. The first-order chi connectivity index (χ1) is 15.0. The Morgan fingerprint density at radius 3 is 2.44 bits per heavy atom. The Hall–Kier alpha value is -2.19. The Balaban J connectivity index is 1.63. The SMILES string of the molecule is Cc1cc(NC(=O)CNC(c2ccc(CC(C)C)cc2)C(C)C)n(C2CCS(=O)(=O)C2)n1. The molecular weight excluding hydrogens is 424 g/mol. The number of benzene rings is 1. The lowest BCUT2D eigenvalue weighted by atomic mass is 9.94. The van der Waals surface area contributed by atoms with E-state index in [0.717, 1.165) is 17.7 Å². The van der Waals surface area contributed by atoms with Gasteiger partial charge < -0.3 is 10.6 Å². The van der Waals surface area contributed by atoms with E-state index in [1.807, 2.05) is 6.92 Å². The summed E-state index contributed by atoms with van der Waals surface area (Å²) in [4.78, 5) is 12.7. The molecule has 0 radical (unpaired) electrons. The van der Waals surface area contributed by atoms with E-state index < -0.39 is 9.84 Å². The lowest BCUT2D eigenvalue weighted by Crippen LogP contribution is -2.34. The van der Waals surface area contributed by atoms with Crippen molar-refractivity contribution in [1.82, 2.24) is 15.1 Å². The number of rotatable bonds is 9. The number of amides is 1. The van der Waals surface area contributed by atoms with Crippen molar-refractivity contribution in [3.05, 3.63) is 47.2 Å². The molecule has 1 aliphatic heterocycles. The van der Waals surface area contributed by atoms with Gasteiger partial charge in [0.15, 0.2) is 9.84 Å². The largest absolute Gasteiger partial charge is 0.310 e. The maximum Gasteiger partial charge on any atom is 0.239 e. The molecule has 1 saturated heterocycles. The van der Waals surface area contributed by atoms with E-state index in [1.54, 1.807) is 10.7 Å². The number of hydrogen-bond acceptors (Lipinski definition) is 5. The number of sulfone groups is 1. The second kappa shape index (κ2) is 10.2. The highest BCUT2D eigenvalue weighted by atomic mass is 32.2. The monoisotopic (exact) mass is 460 g/mol. The minimum Gasteiger partial charge on any atom is -0.310 e. The van der Waals surface area contributed by atoms with Crippen LogP contribution in [-0.4, -0.2) is 42.2 Å². The van der Waals surface area contributed by atoms with Gasteiger partial charge in [-0.2, -0.15) is 5.10 Å². The minimum atomic E-state index is -3.04. The second-order valence-electron chi connectivity index (χ2n) is 9.66. The van der Waals surface area contributed by atoms with Crippen LogP contribution in [0, 0.1) is 18.8 Å². The molecule has 0 aliphatic carbocycles. The van der Waals surface area contributed by atoms with Crippen LogP contribution >= 0.6 is 0 Å². The van der Waals surface area contributed by atoms with Crippen LogP contribution in [0.15, 0.2) is 30.3 Å². The van der Waals surface area contributed by atoms with Crippen molar-refractivity contribution < 1.29 is 13.2 Å². The first kappa shape index (κ1) is 24.5. The molecule has 1 aliphatic rings. The number of nitrogens with zero attached hydrogens (tertiary/aromatic N) is 2. The van der Waals surface area contributed by atoms with Crippen LogP contribution in [0.4, 0.5) is 5.82 Å². The second-order valence-corrected chi connectivity index (χ2v) is 11.9. The summed E-state index contributed by atoms with van der Waals surface area (Å²) >= 11 is 0. The van der Waals surface area contributed by atoms with E-state index in [0.29, 0.717) is 24.1 Å². The van der Waals surface area contributed by atoms with Gasteiger partial charge in [0.1, 0.15) is 5.82 Å². The van der Waals surface area contributed by atoms with Gasteiger partial charge in [0.2, 0.25) is 5.91 Å². The van der Waals surface area contributed by atoms with Gasteiger partial charge in [-0.25, -0.2) is 13.1 Å². The topological polar surface area (TPSA) is 93.1 Å². The lowest BCUT2D eigenvalue weighted by molar-refractivity contribution is -0.115. The van der Waals surface area contributed by atoms with Gasteiger partial charge in [0.05, 0.1) is 29.8 Å². The fourth-order valence-corrected chi connectivity index (χ4v) is 6.01. The summed E-state index contributed by atoms with van der Waals surface area (Å²) in [6, 6.07) is 10.2. The molecule has 2 unspecified atom stereocenters. The van der Waals surface area contributed by atoms with Crippen LogP contribution in [0.3, 0.4) is 0 Å². The quantitative estimate of drug-likeness (QED) is 0.596. The van der Waals surface area contributed by atoms with Gasteiger partial charge in [-0.15, -0.1) is 0 Å². The molecule has 0 bridgehead atoms. The van der Waals surface area contributed by atoms with Gasteiger partial charge in [-0.05, 0) is 42.7 Å². The van der Waals surface area contributed by atoms with Crippen molar-refractivity contribution in [2.45, 2.75) is 59.5 Å². The van der Waals surface area contributed by atoms with Gasteiger partial charge in [-0.1, -0.05) is 52.0 Å². The van der Waals surface area contributed by atoms with Gasteiger partial charge in [0, 0.05) is 12.1 Å². The van der Waals surface area contributed by atoms with Gasteiger partial charge in [0.25, 0.3) is 0 Å². The summed E-state index contributed by atoms with van der Waals surface area (Å²) in [7, 11) is -3.04. The molecule has 3 rings (SSSR count). The third-order valence-corrected chi connectivity index (χ3v) is 7.56. The van der Waals surface area contributed by atoms with Gasteiger partial charge >= 0.3 is 0 Å². The summed E-state index contributed by atoms with van der Waals surface area (Å²) in [6.45, 7) is 10.7. The molecule has 176 valence electrons. The molecule has 7 nitrogen and oxygen atoms in total. The van der Waals surface area contributed by atoms with Crippen LogP contribution in [-0.2, 0) is 21.1 Å². The number of nitrogens with one attached hydrogen (secondary N) is 2. The summed E-state index contributed by atoms with van der Waals surface area (Å²) < 4.78 is 25.4. The third kappa shape index (κ3) is 6.42. The predicted octanol–water partition coefficient (Wildman–Crippen LogP) is 3.68. The number of anilines is 1. The van der Waals surface area contributed by atoms with Crippen LogP contribution in [0.25, 0.3) is 0 Å². The summed E-state index contributed by atoms with van der Waals surface area (Å²) in [5.41, 5.74) is 3.23. The lowest BCUT2D eigenvalue weighted by Gasteiger charge is -2.23. The fraction of sp³-hybridized carbons (Fsp3) is 0.583. The van der Waals surface area contributed by atoms with Crippen LogP contribution < -0.4 is 10.6 Å². The molecule has 1 fully saturated rings. The third-order valence-electron chi connectivity index (χ3n) is 5.81. The molecule has 2 aromatic rings. The Morgan fingerprint density at radius 2 is 1.88 bits per heavy atom. The van der Waals surface area contributed by atoms with Crippen LogP contribution in [0.1, 0.15) is 63.0 Å². The standard InChI is InChI=1S/C24H36N4O3S/c1-16(2)12-19-6-8-20(9-7-19)24(17(3)4)25-14-23(29)26-22-13-18(5)27-28(22)21-10-11-32(30,31)15-21/h6-9,13,16-17,21,24-25H,10-12,14-15H2,1-5H3,(H,26,29). The van der Waals surface area contributed by atoms with Crippen molar-refractivity contribution in [3.63, 3.8) is 0 Å². The number of aryl methyl sites for hydroxylation is 1. The highest BCUT2D eigenvalue weighted by molar-refractivity contribution is 7.91. The van der Waals surface area contributed by atoms with E-state index in [2.05, 4.69) is 67.7 Å². The maximum atomic E-state index is 12.7. The van der Waals surface area contributed by atoms with Crippen molar-refractivity contribution in [2.75, 3.05) is 23.4 Å². The first-order valence-corrected chi connectivity index (χ1v) is 13.2. The average Bonchev–Trinajstić information content (AvgIpc) is 3.23. The number of aromatic nitrogens is 2. The first-order valence-electron chi connectivity index (χ1n) is 11.4. The molecular formula is C24H36N4O3S. The zero-order valence-electron chi connectivity index (χ0n) is 19.8. The normalized spacial score (nSPS) is 18.9. The average molecular weight is 461 g/mol.